The van der Waals surface area contributed by atoms with Gasteiger partial charge in [0.1, 0.15) is 11.6 Å². The average molecular weight is 395 g/mol. The van der Waals surface area contributed by atoms with E-state index in [1.54, 1.807) is 56.3 Å². The molecular weight excluding hydrogens is 373 g/mol. The van der Waals surface area contributed by atoms with Gasteiger partial charge in [0.25, 0.3) is 5.91 Å². The first kappa shape index (κ1) is 20.3. The summed E-state index contributed by atoms with van der Waals surface area (Å²) in [6, 6.07) is 12.8. The van der Waals surface area contributed by atoms with E-state index in [0.717, 1.165) is 0 Å². The van der Waals surface area contributed by atoms with E-state index in [2.05, 4.69) is 0 Å². The fraction of sp³-hybridized carbons (Fsp3) is 0.217. The van der Waals surface area contributed by atoms with E-state index in [1.807, 2.05) is 6.92 Å². The van der Waals surface area contributed by atoms with Crippen LogP contribution in [-0.4, -0.2) is 25.1 Å². The molecule has 0 unspecified atom stereocenters. The summed E-state index contributed by atoms with van der Waals surface area (Å²) < 4.78 is 23.8. The maximum Gasteiger partial charge on any atom is 0.340 e. The third-order valence-electron chi connectivity index (χ3n) is 4.47. The van der Waals surface area contributed by atoms with E-state index < -0.39 is 5.97 Å². The number of hydrogen-bond donors (Lipinski definition) is 0. The van der Waals surface area contributed by atoms with Crippen LogP contribution in [0.1, 0.15) is 26.3 Å². The summed E-state index contributed by atoms with van der Waals surface area (Å²) >= 11 is 0. The van der Waals surface area contributed by atoms with Gasteiger partial charge in [-0.3, -0.25) is 9.69 Å². The Hall–Kier alpha value is -3.41. The van der Waals surface area contributed by atoms with Gasteiger partial charge in [0.15, 0.2) is 0 Å². The number of ether oxygens (including phenoxy) is 2. The largest absolute Gasteiger partial charge is 0.494 e. The molecule has 3 rings (SSSR count). The van der Waals surface area contributed by atoms with Crippen LogP contribution in [-0.2, 0) is 14.3 Å². The van der Waals surface area contributed by atoms with E-state index >= 15 is 0 Å². The van der Waals surface area contributed by atoms with Crippen LogP contribution < -0.4 is 9.64 Å². The van der Waals surface area contributed by atoms with Crippen LogP contribution in [0.2, 0.25) is 0 Å². The normalized spacial score (nSPS) is 15.2. The summed E-state index contributed by atoms with van der Waals surface area (Å²) in [6.07, 6.45) is 1.58. The fourth-order valence-corrected chi connectivity index (χ4v) is 3.18. The van der Waals surface area contributed by atoms with Crippen molar-refractivity contribution in [3.8, 4) is 5.75 Å². The van der Waals surface area contributed by atoms with E-state index in [1.165, 1.54) is 17.0 Å². The molecule has 0 N–H and O–H groups in total. The van der Waals surface area contributed by atoms with Crippen LogP contribution in [0.25, 0.3) is 6.08 Å². The standard InChI is InChI=1S/C23H22FNO4/c1-4-28-19-12-10-18(11-13-19)25-15(3)21(23(27)29-5-2)20(22(25)26)14-16-6-8-17(24)9-7-16/h6-14H,4-5H2,1-3H3. The van der Waals surface area contributed by atoms with Crippen molar-refractivity contribution in [1.82, 2.24) is 0 Å². The van der Waals surface area contributed by atoms with Gasteiger partial charge in [0.05, 0.1) is 24.4 Å². The van der Waals surface area contributed by atoms with Crippen LogP contribution in [0.3, 0.4) is 0 Å². The van der Waals surface area contributed by atoms with E-state index in [4.69, 9.17) is 9.47 Å². The van der Waals surface area contributed by atoms with Crippen molar-refractivity contribution in [2.45, 2.75) is 20.8 Å². The molecule has 1 amide bonds. The van der Waals surface area contributed by atoms with Crippen molar-refractivity contribution in [2.75, 3.05) is 18.1 Å². The molecule has 0 fully saturated rings. The molecule has 0 bridgehead atoms. The number of carbonyl (C=O) groups is 2. The average Bonchev–Trinajstić information content (AvgIpc) is 2.95. The smallest absolute Gasteiger partial charge is 0.340 e. The minimum Gasteiger partial charge on any atom is -0.494 e. The Balaban J connectivity index is 2.05. The van der Waals surface area contributed by atoms with Crippen molar-refractivity contribution >= 4 is 23.6 Å². The number of allylic oxidation sites excluding steroid dienone is 1. The minimum absolute atomic E-state index is 0.191. The van der Waals surface area contributed by atoms with Gasteiger partial charge in [-0.25, -0.2) is 9.18 Å². The lowest BCUT2D eigenvalue weighted by molar-refractivity contribution is -0.138. The molecule has 2 aromatic carbocycles. The third kappa shape index (κ3) is 4.21. The number of hydrogen-bond acceptors (Lipinski definition) is 4. The van der Waals surface area contributed by atoms with Crippen LogP contribution >= 0.6 is 0 Å². The summed E-state index contributed by atoms with van der Waals surface area (Å²) in [4.78, 5) is 27.3. The molecule has 150 valence electrons. The molecule has 2 aromatic rings. The second-order valence-electron chi connectivity index (χ2n) is 6.36. The summed E-state index contributed by atoms with van der Waals surface area (Å²) in [5, 5.41) is 0. The molecule has 0 aromatic heterocycles. The highest BCUT2D eigenvalue weighted by atomic mass is 19.1. The first-order valence-electron chi connectivity index (χ1n) is 9.39. The van der Waals surface area contributed by atoms with Gasteiger partial charge in [0, 0.05) is 11.4 Å². The lowest BCUT2D eigenvalue weighted by atomic mass is 10.0. The summed E-state index contributed by atoms with van der Waals surface area (Å²) in [7, 11) is 0. The SMILES string of the molecule is CCOC(=O)C1=C(C)N(c2ccc(OCC)cc2)C(=O)C1=Cc1ccc(F)cc1. The molecule has 0 saturated heterocycles. The molecule has 1 heterocycles. The van der Waals surface area contributed by atoms with Gasteiger partial charge in [-0.2, -0.15) is 0 Å². The Morgan fingerprint density at radius 1 is 1.03 bits per heavy atom. The zero-order valence-electron chi connectivity index (χ0n) is 16.6. The van der Waals surface area contributed by atoms with Gasteiger partial charge < -0.3 is 9.47 Å². The highest BCUT2D eigenvalue weighted by molar-refractivity contribution is 6.23. The van der Waals surface area contributed by atoms with Crippen LogP contribution in [0.4, 0.5) is 10.1 Å². The van der Waals surface area contributed by atoms with Crippen molar-refractivity contribution in [2.24, 2.45) is 0 Å². The van der Waals surface area contributed by atoms with Gasteiger partial charge in [0.2, 0.25) is 0 Å². The molecule has 1 aliphatic heterocycles. The zero-order chi connectivity index (χ0) is 21.0. The number of carbonyl (C=O) groups excluding carboxylic acids is 2. The molecular formula is C23H22FNO4. The monoisotopic (exact) mass is 395 g/mol. The quantitative estimate of drug-likeness (QED) is 0.534. The fourth-order valence-electron chi connectivity index (χ4n) is 3.18. The summed E-state index contributed by atoms with van der Waals surface area (Å²) in [6.45, 7) is 6.03. The molecule has 0 saturated carbocycles. The molecule has 5 nitrogen and oxygen atoms in total. The second kappa shape index (κ2) is 8.73. The van der Waals surface area contributed by atoms with Gasteiger partial charge in [-0.05, 0) is 68.8 Å². The topological polar surface area (TPSA) is 55.8 Å². The Morgan fingerprint density at radius 3 is 2.28 bits per heavy atom. The first-order chi connectivity index (χ1) is 14.0. The Morgan fingerprint density at radius 2 is 1.69 bits per heavy atom. The summed E-state index contributed by atoms with van der Waals surface area (Å²) in [5.74, 6) is -0.602. The van der Waals surface area contributed by atoms with E-state index in [9.17, 15) is 14.0 Å². The molecule has 0 atom stereocenters. The van der Waals surface area contributed by atoms with Crippen molar-refractivity contribution < 1.29 is 23.5 Å². The van der Waals surface area contributed by atoms with E-state index in [-0.39, 0.29) is 29.5 Å². The van der Waals surface area contributed by atoms with Gasteiger partial charge >= 0.3 is 5.97 Å². The second-order valence-corrected chi connectivity index (χ2v) is 6.36. The molecule has 0 radical (unpaired) electrons. The van der Waals surface area contributed by atoms with Crippen molar-refractivity contribution in [3.63, 3.8) is 0 Å². The van der Waals surface area contributed by atoms with Crippen molar-refractivity contribution in [3.05, 3.63) is 76.8 Å². The third-order valence-corrected chi connectivity index (χ3v) is 4.47. The number of halogens is 1. The molecule has 1 aliphatic rings. The number of nitrogens with zero attached hydrogens (tertiary/aromatic N) is 1. The Labute approximate surface area is 169 Å². The lowest BCUT2D eigenvalue weighted by Crippen LogP contribution is -2.24. The number of benzene rings is 2. The number of amides is 1. The minimum atomic E-state index is -0.569. The Kier molecular flexibility index (Phi) is 6.12. The van der Waals surface area contributed by atoms with E-state index in [0.29, 0.717) is 29.3 Å². The maximum absolute atomic E-state index is 13.2. The highest BCUT2D eigenvalue weighted by Gasteiger charge is 2.38. The maximum atomic E-state index is 13.2. The number of anilines is 1. The molecule has 0 spiro atoms. The van der Waals surface area contributed by atoms with Crippen molar-refractivity contribution in [1.29, 1.82) is 0 Å². The molecule has 29 heavy (non-hydrogen) atoms. The number of esters is 1. The van der Waals surface area contributed by atoms with Crippen LogP contribution in [0.5, 0.6) is 5.75 Å². The number of rotatable bonds is 6. The van der Waals surface area contributed by atoms with Gasteiger partial charge in [-0.1, -0.05) is 12.1 Å². The molecule has 6 heteroatoms. The van der Waals surface area contributed by atoms with Crippen LogP contribution in [0.15, 0.2) is 65.4 Å². The Bertz CT molecular complexity index is 975. The lowest BCUT2D eigenvalue weighted by Gasteiger charge is -2.18. The first-order valence-corrected chi connectivity index (χ1v) is 9.39. The predicted octanol–water partition coefficient (Wildman–Crippen LogP) is 4.49. The predicted molar refractivity (Wildman–Crippen MR) is 109 cm³/mol. The zero-order valence-corrected chi connectivity index (χ0v) is 16.6. The highest BCUT2D eigenvalue weighted by Crippen LogP contribution is 2.36. The van der Waals surface area contributed by atoms with Gasteiger partial charge in [-0.15, -0.1) is 0 Å². The molecule has 0 aliphatic carbocycles. The van der Waals surface area contributed by atoms with Crippen LogP contribution in [0, 0.1) is 5.82 Å². The summed E-state index contributed by atoms with van der Waals surface area (Å²) in [5.41, 5.74) is 2.11.